The van der Waals surface area contributed by atoms with E-state index in [-0.39, 0.29) is 0 Å². The van der Waals surface area contributed by atoms with E-state index in [1.807, 2.05) is 0 Å². The van der Waals surface area contributed by atoms with E-state index in [4.69, 9.17) is 0 Å². The van der Waals surface area contributed by atoms with Crippen LogP contribution in [0.3, 0.4) is 0 Å². The number of hydrogen-bond acceptors (Lipinski definition) is 2. The molecule has 0 spiro atoms. The Morgan fingerprint density at radius 3 is 2.82 bits per heavy atom. The Kier molecular flexibility index (Phi) is 1.46. The predicted molar refractivity (Wildman–Crippen MR) is 44.0 cm³/mol. The molecule has 0 unspecified atom stereocenters. The molecule has 1 atom stereocenters. The molecular formula is C9H10N2. The molecule has 2 rings (SSSR count). The highest BCUT2D eigenvalue weighted by Gasteiger charge is 2.00. The molecule has 1 aliphatic carbocycles. The Bertz CT molecular complexity index is 367. The predicted octanol–water partition coefficient (Wildman–Crippen LogP) is 0.0774. The van der Waals surface area contributed by atoms with Crippen LogP contribution in [0.1, 0.15) is 13.3 Å². The molecule has 2 nitrogen and oxygen atoms in total. The lowest BCUT2D eigenvalue weighted by Gasteiger charge is -2.04. The minimum atomic E-state index is 0.610. The minimum absolute atomic E-state index is 0.610. The van der Waals surface area contributed by atoms with Crippen molar-refractivity contribution >= 4 is 12.2 Å². The normalized spacial score (nSPS) is 21.4. The molecule has 0 aliphatic heterocycles. The number of fused-ring (bicyclic) bond motifs is 1. The van der Waals surface area contributed by atoms with E-state index in [0.717, 1.165) is 17.1 Å². The average molecular weight is 146 g/mol. The van der Waals surface area contributed by atoms with Gasteiger partial charge in [0.25, 0.3) is 0 Å². The van der Waals surface area contributed by atoms with Crippen LogP contribution in [0.2, 0.25) is 0 Å². The van der Waals surface area contributed by atoms with E-state index in [2.05, 4.69) is 29.0 Å². The van der Waals surface area contributed by atoms with Gasteiger partial charge >= 0.3 is 0 Å². The second kappa shape index (κ2) is 2.46. The first-order valence-electron chi connectivity index (χ1n) is 3.85. The molecule has 1 heterocycles. The van der Waals surface area contributed by atoms with Gasteiger partial charge in [-0.3, -0.25) is 9.97 Å². The van der Waals surface area contributed by atoms with Crippen LogP contribution in [-0.2, 0) is 0 Å². The summed E-state index contributed by atoms with van der Waals surface area (Å²) in [6, 6.07) is 0. The zero-order valence-electron chi connectivity index (χ0n) is 6.49. The lowest BCUT2D eigenvalue weighted by atomic mass is 10.0. The highest BCUT2D eigenvalue weighted by atomic mass is 14.8. The molecule has 1 aromatic rings. The van der Waals surface area contributed by atoms with Crippen molar-refractivity contribution in [2.45, 2.75) is 13.3 Å². The van der Waals surface area contributed by atoms with Crippen LogP contribution in [-0.4, -0.2) is 9.97 Å². The Hall–Kier alpha value is -1.18. The maximum Gasteiger partial charge on any atom is 0.0846 e. The van der Waals surface area contributed by atoms with Crippen molar-refractivity contribution in [3.63, 3.8) is 0 Å². The van der Waals surface area contributed by atoms with E-state index in [0.29, 0.717) is 5.92 Å². The van der Waals surface area contributed by atoms with E-state index >= 15 is 0 Å². The number of hydrogen-bond donors (Lipinski definition) is 0. The molecule has 0 aromatic carbocycles. The zero-order chi connectivity index (χ0) is 7.68. The van der Waals surface area contributed by atoms with Gasteiger partial charge in [0.2, 0.25) is 0 Å². The van der Waals surface area contributed by atoms with Gasteiger partial charge in [0.15, 0.2) is 0 Å². The molecule has 11 heavy (non-hydrogen) atoms. The van der Waals surface area contributed by atoms with Crippen molar-refractivity contribution in [1.82, 2.24) is 9.97 Å². The first-order chi connectivity index (χ1) is 5.36. The summed E-state index contributed by atoms with van der Waals surface area (Å²) in [5.41, 5.74) is 0. The smallest absolute Gasteiger partial charge is 0.0846 e. The Morgan fingerprint density at radius 1 is 1.27 bits per heavy atom. The van der Waals surface area contributed by atoms with Gasteiger partial charge in [-0.05, 0) is 12.3 Å². The fourth-order valence-electron chi connectivity index (χ4n) is 1.28. The van der Waals surface area contributed by atoms with Gasteiger partial charge in [-0.1, -0.05) is 19.1 Å². The molecule has 0 radical (unpaired) electrons. The van der Waals surface area contributed by atoms with Crippen molar-refractivity contribution in [3.05, 3.63) is 23.1 Å². The SMILES string of the molecule is C[C@H]1C=c2nccnc2=CC1. The maximum absolute atomic E-state index is 4.22. The lowest BCUT2D eigenvalue weighted by molar-refractivity contribution is 0.788. The van der Waals surface area contributed by atoms with Gasteiger partial charge in [-0.15, -0.1) is 0 Å². The molecular weight excluding hydrogens is 136 g/mol. The number of rotatable bonds is 0. The summed E-state index contributed by atoms with van der Waals surface area (Å²) >= 11 is 0. The van der Waals surface area contributed by atoms with Gasteiger partial charge in [0, 0.05) is 12.4 Å². The fraction of sp³-hybridized carbons (Fsp3) is 0.333. The topological polar surface area (TPSA) is 25.8 Å². The zero-order valence-corrected chi connectivity index (χ0v) is 6.49. The maximum atomic E-state index is 4.22. The van der Waals surface area contributed by atoms with Crippen LogP contribution in [0, 0.1) is 5.92 Å². The van der Waals surface area contributed by atoms with Crippen LogP contribution >= 0.6 is 0 Å². The summed E-state index contributed by atoms with van der Waals surface area (Å²) in [6.07, 6.45) is 8.88. The summed E-state index contributed by atoms with van der Waals surface area (Å²) in [6.45, 7) is 2.19. The van der Waals surface area contributed by atoms with Crippen molar-refractivity contribution in [3.8, 4) is 0 Å². The molecule has 0 saturated carbocycles. The first kappa shape index (κ1) is 6.53. The molecule has 1 aromatic heterocycles. The second-order valence-corrected chi connectivity index (χ2v) is 2.91. The molecule has 0 bridgehead atoms. The highest BCUT2D eigenvalue weighted by molar-refractivity contribution is 5.34. The van der Waals surface area contributed by atoms with Gasteiger partial charge in [-0.2, -0.15) is 0 Å². The fourth-order valence-corrected chi connectivity index (χ4v) is 1.28. The van der Waals surface area contributed by atoms with E-state index < -0.39 is 0 Å². The monoisotopic (exact) mass is 146 g/mol. The number of aromatic nitrogens is 2. The third-order valence-electron chi connectivity index (χ3n) is 1.88. The molecule has 0 N–H and O–H groups in total. The third kappa shape index (κ3) is 1.16. The largest absolute Gasteiger partial charge is 0.253 e. The first-order valence-corrected chi connectivity index (χ1v) is 3.85. The summed E-state index contributed by atoms with van der Waals surface area (Å²) in [5.74, 6) is 0.610. The summed E-state index contributed by atoms with van der Waals surface area (Å²) in [5, 5.41) is 2.07. The van der Waals surface area contributed by atoms with Crippen LogP contribution in [0.5, 0.6) is 0 Å². The lowest BCUT2D eigenvalue weighted by Crippen LogP contribution is -2.33. The highest BCUT2D eigenvalue weighted by Crippen LogP contribution is 2.04. The molecule has 2 heteroatoms. The van der Waals surface area contributed by atoms with E-state index in [1.54, 1.807) is 12.4 Å². The molecule has 0 amide bonds. The molecule has 56 valence electrons. The van der Waals surface area contributed by atoms with Gasteiger partial charge in [0.05, 0.1) is 10.7 Å². The van der Waals surface area contributed by atoms with E-state index in [9.17, 15) is 0 Å². The van der Waals surface area contributed by atoms with Crippen molar-refractivity contribution in [2.75, 3.05) is 0 Å². The van der Waals surface area contributed by atoms with Crippen LogP contribution in [0.4, 0.5) is 0 Å². The molecule has 0 fully saturated rings. The van der Waals surface area contributed by atoms with Crippen LogP contribution < -0.4 is 10.7 Å². The summed E-state index contributed by atoms with van der Waals surface area (Å²) in [4.78, 5) is 8.42. The molecule has 1 aliphatic rings. The second-order valence-electron chi connectivity index (χ2n) is 2.91. The summed E-state index contributed by atoms with van der Waals surface area (Å²) in [7, 11) is 0. The Balaban J connectivity index is 2.73. The van der Waals surface area contributed by atoms with Gasteiger partial charge < -0.3 is 0 Å². The van der Waals surface area contributed by atoms with Crippen molar-refractivity contribution < 1.29 is 0 Å². The van der Waals surface area contributed by atoms with Crippen LogP contribution in [0.15, 0.2) is 12.4 Å². The van der Waals surface area contributed by atoms with Gasteiger partial charge in [-0.25, -0.2) is 0 Å². The average Bonchev–Trinajstić information content (AvgIpc) is 2.04. The third-order valence-corrected chi connectivity index (χ3v) is 1.88. The standard InChI is InChI=1S/C9H10N2/c1-7-2-3-8-9(6-7)11-5-4-10-8/h3-7H,2H2,1H3/t7-/m1/s1. The van der Waals surface area contributed by atoms with Crippen LogP contribution in [0.25, 0.3) is 12.2 Å². The van der Waals surface area contributed by atoms with E-state index in [1.165, 1.54) is 0 Å². The molecule has 0 saturated heterocycles. The quantitative estimate of drug-likeness (QED) is 0.518. The minimum Gasteiger partial charge on any atom is -0.253 e. The van der Waals surface area contributed by atoms with Crippen molar-refractivity contribution in [2.24, 2.45) is 5.92 Å². The number of nitrogens with zero attached hydrogens (tertiary/aromatic N) is 2. The summed E-state index contributed by atoms with van der Waals surface area (Å²) < 4.78 is 0. The van der Waals surface area contributed by atoms with Crippen molar-refractivity contribution in [1.29, 1.82) is 0 Å². The van der Waals surface area contributed by atoms with Gasteiger partial charge in [0.1, 0.15) is 0 Å². The Morgan fingerprint density at radius 2 is 2.00 bits per heavy atom. The Labute approximate surface area is 65.3 Å².